The third-order valence-corrected chi connectivity index (χ3v) is 12.2. The second-order valence-corrected chi connectivity index (χ2v) is 14.6. The maximum atomic E-state index is 14.1. The van der Waals surface area contributed by atoms with Crippen LogP contribution in [0.4, 0.5) is 0 Å². The van der Waals surface area contributed by atoms with Gasteiger partial charge in [-0.3, -0.25) is 4.79 Å². The Bertz CT molecular complexity index is 1040. The fourth-order valence-electron chi connectivity index (χ4n) is 10.5. The number of rotatable bonds is 0. The standard InChI is InChI=1S/C31H43NO2/c1-8-31-12-9-20-25(21(31)17-27(2,3)13-14-31)22(33)15-24-29(20,6)11-10-23-28(4,5)26(34)19(18-32)16-30(23,24)7/h1,20-21,23-25,34H,9-17H2,2-7H3. The number of hydrogen-bond donors (Lipinski definition) is 1. The van der Waals surface area contributed by atoms with Crippen LogP contribution in [0.2, 0.25) is 0 Å². The zero-order valence-electron chi connectivity index (χ0n) is 22.1. The van der Waals surface area contributed by atoms with Crippen molar-refractivity contribution in [3.63, 3.8) is 0 Å². The minimum absolute atomic E-state index is 0.0791. The van der Waals surface area contributed by atoms with Crippen LogP contribution in [0.25, 0.3) is 0 Å². The summed E-state index contributed by atoms with van der Waals surface area (Å²) in [5.74, 6) is 5.27. The SMILES string of the molecule is C#CC12CCC3C(C(=O)CC4C3(C)CCC3C(C)(C)C(O)=C(C#N)CC34C)C1CC(C)(C)CC2. The van der Waals surface area contributed by atoms with Gasteiger partial charge in [0, 0.05) is 23.2 Å². The van der Waals surface area contributed by atoms with E-state index in [0.29, 0.717) is 36.0 Å². The number of aliphatic hydroxyl groups is 1. The summed E-state index contributed by atoms with van der Waals surface area (Å²) in [6.45, 7) is 13.7. The Morgan fingerprint density at radius 3 is 2.29 bits per heavy atom. The molecule has 0 aromatic carbocycles. The van der Waals surface area contributed by atoms with Gasteiger partial charge in [-0.25, -0.2) is 0 Å². The lowest BCUT2D eigenvalue weighted by Gasteiger charge is -2.68. The highest BCUT2D eigenvalue weighted by molar-refractivity contribution is 5.83. The summed E-state index contributed by atoms with van der Waals surface area (Å²) in [6.07, 6.45) is 15.0. The van der Waals surface area contributed by atoms with Gasteiger partial charge in [-0.15, -0.1) is 6.42 Å². The Kier molecular flexibility index (Phi) is 5.04. The average molecular weight is 462 g/mol. The molecule has 8 unspecified atom stereocenters. The lowest BCUT2D eigenvalue weighted by atomic mass is 9.35. The predicted molar refractivity (Wildman–Crippen MR) is 134 cm³/mol. The van der Waals surface area contributed by atoms with Crippen molar-refractivity contribution in [3.05, 3.63) is 11.3 Å². The van der Waals surface area contributed by atoms with Crippen molar-refractivity contribution in [2.75, 3.05) is 0 Å². The van der Waals surface area contributed by atoms with Crippen molar-refractivity contribution in [3.8, 4) is 18.4 Å². The summed E-state index contributed by atoms with van der Waals surface area (Å²) in [5.41, 5.74) is 0.165. The second kappa shape index (κ2) is 7.15. The molecule has 34 heavy (non-hydrogen) atoms. The zero-order chi connectivity index (χ0) is 24.9. The number of fused-ring (bicyclic) bond motifs is 7. The van der Waals surface area contributed by atoms with Gasteiger partial charge in [0.15, 0.2) is 0 Å². The molecule has 0 bridgehead atoms. The number of ketones is 1. The summed E-state index contributed by atoms with van der Waals surface area (Å²) < 4.78 is 0. The molecule has 8 atom stereocenters. The van der Waals surface area contributed by atoms with Gasteiger partial charge in [-0.1, -0.05) is 47.5 Å². The second-order valence-electron chi connectivity index (χ2n) is 14.6. The summed E-state index contributed by atoms with van der Waals surface area (Å²) in [6, 6.07) is 2.32. The van der Waals surface area contributed by atoms with Crippen molar-refractivity contribution in [2.45, 2.75) is 99.3 Å². The predicted octanol–water partition coefficient (Wildman–Crippen LogP) is 7.24. The van der Waals surface area contributed by atoms with E-state index in [1.54, 1.807) is 0 Å². The molecule has 0 saturated heterocycles. The van der Waals surface area contributed by atoms with Crippen molar-refractivity contribution in [1.82, 2.24) is 0 Å². The first-order valence-electron chi connectivity index (χ1n) is 13.6. The van der Waals surface area contributed by atoms with E-state index in [0.717, 1.165) is 44.9 Å². The first-order chi connectivity index (χ1) is 15.8. The topological polar surface area (TPSA) is 61.1 Å². The molecular formula is C31H43NO2. The van der Waals surface area contributed by atoms with Gasteiger partial charge in [0.05, 0.1) is 11.6 Å². The van der Waals surface area contributed by atoms with E-state index in [4.69, 9.17) is 6.42 Å². The molecule has 5 aliphatic carbocycles. The molecule has 4 saturated carbocycles. The number of Topliss-reactive ketones (excluding diaryl/α,β-unsaturated/α-hetero) is 1. The normalized spacial score (nSPS) is 48.9. The number of aliphatic hydroxyl groups excluding tert-OH is 1. The zero-order valence-corrected chi connectivity index (χ0v) is 22.1. The van der Waals surface area contributed by atoms with Crippen LogP contribution in [0, 0.1) is 80.3 Å². The lowest BCUT2D eigenvalue weighted by molar-refractivity contribution is -0.193. The average Bonchev–Trinajstić information content (AvgIpc) is 2.77. The van der Waals surface area contributed by atoms with E-state index in [1.165, 1.54) is 0 Å². The first kappa shape index (κ1) is 24.0. The van der Waals surface area contributed by atoms with Crippen LogP contribution in [0.3, 0.4) is 0 Å². The number of carbonyl (C=O) groups excluding carboxylic acids is 1. The van der Waals surface area contributed by atoms with Crippen LogP contribution in [0.5, 0.6) is 0 Å². The maximum absolute atomic E-state index is 14.1. The molecule has 0 aromatic rings. The van der Waals surface area contributed by atoms with Gasteiger partial charge in [0.25, 0.3) is 0 Å². The summed E-state index contributed by atoms with van der Waals surface area (Å²) in [7, 11) is 0. The monoisotopic (exact) mass is 461 g/mol. The van der Waals surface area contributed by atoms with E-state index in [1.807, 2.05) is 0 Å². The van der Waals surface area contributed by atoms with Crippen molar-refractivity contribution in [1.29, 1.82) is 5.26 Å². The Balaban J connectivity index is 1.57. The lowest BCUT2D eigenvalue weighted by Crippen LogP contribution is -2.64. The van der Waals surface area contributed by atoms with Crippen molar-refractivity contribution >= 4 is 5.78 Å². The Labute approximate surface area is 206 Å². The van der Waals surface area contributed by atoms with Crippen LogP contribution < -0.4 is 0 Å². The molecule has 3 heteroatoms. The van der Waals surface area contributed by atoms with Crippen LogP contribution in [-0.2, 0) is 4.79 Å². The highest BCUT2D eigenvalue weighted by Gasteiger charge is 2.68. The largest absolute Gasteiger partial charge is 0.511 e. The summed E-state index contributed by atoms with van der Waals surface area (Å²) in [4.78, 5) is 14.1. The highest BCUT2D eigenvalue weighted by atomic mass is 16.3. The quantitative estimate of drug-likeness (QED) is 0.387. The number of terminal acetylenes is 1. The van der Waals surface area contributed by atoms with Crippen LogP contribution in [0.1, 0.15) is 99.3 Å². The fourth-order valence-corrected chi connectivity index (χ4v) is 10.5. The maximum Gasteiger partial charge on any atom is 0.136 e. The number of hydrogen-bond acceptors (Lipinski definition) is 3. The molecule has 184 valence electrons. The molecule has 0 heterocycles. The molecule has 0 radical (unpaired) electrons. The smallest absolute Gasteiger partial charge is 0.136 e. The number of nitriles is 1. The van der Waals surface area contributed by atoms with Crippen LogP contribution in [0.15, 0.2) is 11.3 Å². The number of nitrogens with zero attached hydrogens (tertiary/aromatic N) is 1. The molecule has 0 aromatic heterocycles. The van der Waals surface area contributed by atoms with E-state index in [-0.39, 0.29) is 45.2 Å². The summed E-state index contributed by atoms with van der Waals surface area (Å²) >= 11 is 0. The van der Waals surface area contributed by atoms with E-state index in [2.05, 4.69) is 53.5 Å². The number of carbonyl (C=O) groups is 1. The van der Waals surface area contributed by atoms with E-state index in [9.17, 15) is 15.2 Å². The Hall–Kier alpha value is -1.74. The molecule has 4 fully saturated rings. The molecule has 3 nitrogen and oxygen atoms in total. The van der Waals surface area contributed by atoms with Crippen LogP contribution in [-0.4, -0.2) is 10.9 Å². The van der Waals surface area contributed by atoms with Gasteiger partial charge in [0.1, 0.15) is 11.5 Å². The fraction of sp³-hybridized carbons (Fsp3) is 0.806. The van der Waals surface area contributed by atoms with Gasteiger partial charge < -0.3 is 5.11 Å². The van der Waals surface area contributed by atoms with Gasteiger partial charge >= 0.3 is 0 Å². The summed E-state index contributed by atoms with van der Waals surface area (Å²) in [5, 5.41) is 20.8. The molecule has 0 spiro atoms. The molecule has 0 amide bonds. The first-order valence-corrected chi connectivity index (χ1v) is 13.6. The van der Waals surface area contributed by atoms with Gasteiger partial charge in [-0.05, 0) is 91.3 Å². The van der Waals surface area contributed by atoms with Gasteiger partial charge in [-0.2, -0.15) is 5.26 Å². The molecule has 5 aliphatic rings. The Morgan fingerprint density at radius 1 is 0.941 bits per heavy atom. The van der Waals surface area contributed by atoms with E-state index < -0.39 is 5.41 Å². The third-order valence-electron chi connectivity index (χ3n) is 12.2. The van der Waals surface area contributed by atoms with E-state index >= 15 is 0 Å². The number of allylic oxidation sites excluding steroid dienone is 2. The molecule has 5 rings (SSSR count). The minimum Gasteiger partial charge on any atom is -0.511 e. The van der Waals surface area contributed by atoms with Crippen molar-refractivity contribution in [2.24, 2.45) is 56.7 Å². The van der Waals surface area contributed by atoms with Gasteiger partial charge in [0.2, 0.25) is 0 Å². The van der Waals surface area contributed by atoms with Crippen molar-refractivity contribution < 1.29 is 9.90 Å². The Morgan fingerprint density at radius 2 is 1.65 bits per heavy atom. The third kappa shape index (κ3) is 2.92. The molecule has 0 aliphatic heterocycles. The molecule has 1 N–H and O–H groups in total. The highest BCUT2D eigenvalue weighted by Crippen LogP contribution is 2.72. The minimum atomic E-state index is -0.433. The molecular weight excluding hydrogens is 418 g/mol. The van der Waals surface area contributed by atoms with Crippen LogP contribution >= 0.6 is 0 Å².